The van der Waals surface area contributed by atoms with Crippen molar-refractivity contribution in [2.24, 2.45) is 5.73 Å². The van der Waals surface area contributed by atoms with Crippen LogP contribution in [0.2, 0.25) is 5.02 Å². The number of carbonyl (C=O) groups is 1. The summed E-state index contributed by atoms with van der Waals surface area (Å²) in [5.41, 5.74) is 11.4. The number of nitrogens with two attached hydrogens (primary N) is 2. The van der Waals surface area contributed by atoms with Crippen LogP contribution in [0.4, 0.5) is 5.69 Å². The van der Waals surface area contributed by atoms with E-state index < -0.39 is 5.91 Å². The molecule has 0 bridgehead atoms. The number of carbonyl (C=O) groups excluding carboxylic acids is 1. The van der Waals surface area contributed by atoms with Gasteiger partial charge >= 0.3 is 0 Å². The Balaban J connectivity index is 2.39. The average Bonchev–Trinajstić information content (AvgIpc) is 2.34. The van der Waals surface area contributed by atoms with E-state index in [1.807, 2.05) is 0 Å². The highest BCUT2D eigenvalue weighted by molar-refractivity contribution is 6.32. The average molecular weight is 263 g/mol. The summed E-state index contributed by atoms with van der Waals surface area (Å²) in [5.74, 6) is 0.212. The Kier molecular flexibility index (Phi) is 3.39. The largest absolute Gasteiger partial charge is 0.454 e. The monoisotopic (exact) mass is 262 g/mol. The van der Waals surface area contributed by atoms with Crippen molar-refractivity contribution < 1.29 is 9.53 Å². The molecule has 2 rings (SSSR count). The van der Waals surface area contributed by atoms with Gasteiger partial charge in [0.05, 0.1) is 16.3 Å². The van der Waals surface area contributed by atoms with Crippen LogP contribution in [0.1, 0.15) is 10.4 Å². The van der Waals surface area contributed by atoms with Crippen LogP contribution in [0, 0.1) is 0 Å². The smallest absolute Gasteiger partial charge is 0.250 e. The van der Waals surface area contributed by atoms with Crippen LogP contribution in [0.3, 0.4) is 0 Å². The van der Waals surface area contributed by atoms with E-state index in [1.54, 1.807) is 36.4 Å². The molecule has 0 aliphatic carbocycles. The van der Waals surface area contributed by atoms with E-state index >= 15 is 0 Å². The molecular weight excluding hydrogens is 252 g/mol. The Bertz CT molecular complexity index is 599. The number of ether oxygens (including phenoxy) is 1. The molecule has 0 fully saturated rings. The van der Waals surface area contributed by atoms with E-state index in [2.05, 4.69) is 0 Å². The highest BCUT2D eigenvalue weighted by Gasteiger charge is 2.11. The standard InChI is InChI=1S/C13H11ClN2O2/c14-9-5-1-2-6-10(9)18-11-7-3-4-8(12(11)15)13(16)17/h1-7H,15H2,(H2,16,17). The van der Waals surface area contributed by atoms with Gasteiger partial charge in [0, 0.05) is 0 Å². The molecule has 0 aromatic heterocycles. The molecule has 0 heterocycles. The third-order valence-corrected chi connectivity index (χ3v) is 2.70. The van der Waals surface area contributed by atoms with Gasteiger partial charge in [-0.25, -0.2) is 0 Å². The zero-order chi connectivity index (χ0) is 13.1. The predicted molar refractivity (Wildman–Crippen MR) is 70.9 cm³/mol. The first kappa shape index (κ1) is 12.3. The van der Waals surface area contributed by atoms with Crippen LogP contribution >= 0.6 is 11.6 Å². The number of benzene rings is 2. The Labute approximate surface area is 109 Å². The summed E-state index contributed by atoms with van der Waals surface area (Å²) in [4.78, 5) is 11.2. The molecule has 0 atom stereocenters. The first-order valence-electron chi connectivity index (χ1n) is 5.20. The second kappa shape index (κ2) is 4.98. The molecular formula is C13H11ClN2O2. The molecule has 1 amide bonds. The van der Waals surface area contributed by atoms with Gasteiger partial charge in [-0.05, 0) is 24.3 Å². The van der Waals surface area contributed by atoms with Gasteiger partial charge in [0.2, 0.25) is 0 Å². The lowest BCUT2D eigenvalue weighted by atomic mass is 10.1. The summed E-state index contributed by atoms with van der Waals surface area (Å²) in [6.07, 6.45) is 0. The lowest BCUT2D eigenvalue weighted by Gasteiger charge is -2.11. The Morgan fingerprint density at radius 3 is 2.39 bits per heavy atom. The number of halogens is 1. The topological polar surface area (TPSA) is 78.3 Å². The van der Waals surface area contributed by atoms with Crippen LogP contribution in [-0.4, -0.2) is 5.91 Å². The van der Waals surface area contributed by atoms with Gasteiger partial charge in [-0.3, -0.25) is 4.79 Å². The molecule has 2 aromatic carbocycles. The van der Waals surface area contributed by atoms with Crippen molar-refractivity contribution in [3.8, 4) is 11.5 Å². The highest BCUT2D eigenvalue weighted by Crippen LogP contribution is 2.33. The van der Waals surface area contributed by atoms with Crippen molar-refractivity contribution >= 4 is 23.2 Å². The number of anilines is 1. The number of hydrogen-bond donors (Lipinski definition) is 2. The van der Waals surface area contributed by atoms with Gasteiger partial charge in [0.25, 0.3) is 5.91 Å². The van der Waals surface area contributed by atoms with E-state index in [0.717, 1.165) is 0 Å². The molecule has 0 saturated heterocycles. The number of hydrogen-bond acceptors (Lipinski definition) is 3. The molecule has 4 N–H and O–H groups in total. The number of para-hydroxylation sites is 2. The van der Waals surface area contributed by atoms with Crippen LogP contribution in [-0.2, 0) is 0 Å². The molecule has 0 spiro atoms. The number of rotatable bonds is 3. The number of nitrogen functional groups attached to an aromatic ring is 1. The minimum absolute atomic E-state index is 0.199. The summed E-state index contributed by atoms with van der Waals surface area (Å²) < 4.78 is 5.57. The van der Waals surface area contributed by atoms with Crippen LogP contribution in [0.5, 0.6) is 11.5 Å². The van der Waals surface area contributed by atoms with E-state index in [4.69, 9.17) is 27.8 Å². The van der Waals surface area contributed by atoms with E-state index in [1.165, 1.54) is 6.07 Å². The lowest BCUT2D eigenvalue weighted by molar-refractivity contribution is 0.100. The zero-order valence-corrected chi connectivity index (χ0v) is 10.1. The summed E-state index contributed by atoms with van der Waals surface area (Å²) in [7, 11) is 0. The van der Waals surface area contributed by atoms with Gasteiger partial charge in [-0.2, -0.15) is 0 Å². The van der Waals surface area contributed by atoms with Crippen molar-refractivity contribution in [2.75, 3.05) is 5.73 Å². The zero-order valence-electron chi connectivity index (χ0n) is 9.39. The molecule has 0 aliphatic heterocycles. The summed E-state index contributed by atoms with van der Waals surface area (Å²) in [6.45, 7) is 0. The second-order valence-corrected chi connectivity index (χ2v) is 4.02. The van der Waals surface area contributed by atoms with Crippen molar-refractivity contribution in [1.29, 1.82) is 0 Å². The van der Waals surface area contributed by atoms with E-state index in [-0.39, 0.29) is 11.3 Å². The van der Waals surface area contributed by atoms with E-state index in [9.17, 15) is 4.79 Å². The quantitative estimate of drug-likeness (QED) is 0.835. The number of primary amides is 1. The molecule has 0 aliphatic rings. The van der Waals surface area contributed by atoms with Crippen molar-refractivity contribution in [3.05, 3.63) is 53.1 Å². The third kappa shape index (κ3) is 2.38. The predicted octanol–water partition coefficient (Wildman–Crippen LogP) is 2.81. The second-order valence-electron chi connectivity index (χ2n) is 3.61. The first-order chi connectivity index (χ1) is 8.59. The van der Waals surface area contributed by atoms with Crippen LogP contribution < -0.4 is 16.2 Å². The van der Waals surface area contributed by atoms with Crippen molar-refractivity contribution in [2.45, 2.75) is 0 Å². The maximum absolute atomic E-state index is 11.2. The third-order valence-electron chi connectivity index (χ3n) is 2.39. The fourth-order valence-electron chi connectivity index (χ4n) is 1.49. The fraction of sp³-hybridized carbons (Fsp3) is 0. The van der Waals surface area contributed by atoms with Gasteiger partial charge in [0.1, 0.15) is 5.75 Å². The Hall–Kier alpha value is -2.20. The molecule has 2 aromatic rings. The lowest BCUT2D eigenvalue weighted by Crippen LogP contribution is -2.13. The minimum atomic E-state index is -0.600. The van der Waals surface area contributed by atoms with E-state index in [0.29, 0.717) is 16.5 Å². The Morgan fingerprint density at radius 1 is 1.06 bits per heavy atom. The van der Waals surface area contributed by atoms with Crippen molar-refractivity contribution in [3.63, 3.8) is 0 Å². The molecule has 4 nitrogen and oxygen atoms in total. The fourth-order valence-corrected chi connectivity index (χ4v) is 1.67. The Morgan fingerprint density at radius 2 is 1.72 bits per heavy atom. The van der Waals surface area contributed by atoms with Gasteiger partial charge in [-0.1, -0.05) is 29.8 Å². The maximum atomic E-state index is 11.2. The summed E-state index contributed by atoms with van der Waals surface area (Å²) >= 11 is 5.97. The van der Waals surface area contributed by atoms with Gasteiger partial charge < -0.3 is 16.2 Å². The van der Waals surface area contributed by atoms with Gasteiger partial charge in [-0.15, -0.1) is 0 Å². The van der Waals surface area contributed by atoms with Gasteiger partial charge in [0.15, 0.2) is 5.75 Å². The minimum Gasteiger partial charge on any atom is -0.454 e. The molecule has 92 valence electrons. The summed E-state index contributed by atoms with van der Waals surface area (Å²) in [5, 5.41) is 0.460. The molecule has 0 radical (unpaired) electrons. The molecule has 18 heavy (non-hydrogen) atoms. The maximum Gasteiger partial charge on any atom is 0.250 e. The molecule has 0 saturated carbocycles. The van der Waals surface area contributed by atoms with Crippen LogP contribution in [0.15, 0.2) is 42.5 Å². The van der Waals surface area contributed by atoms with Crippen molar-refractivity contribution in [1.82, 2.24) is 0 Å². The first-order valence-corrected chi connectivity index (χ1v) is 5.58. The molecule has 0 unspecified atom stereocenters. The normalized spacial score (nSPS) is 10.1. The SMILES string of the molecule is NC(=O)c1cccc(Oc2ccccc2Cl)c1N. The highest BCUT2D eigenvalue weighted by atomic mass is 35.5. The number of amides is 1. The molecule has 5 heteroatoms. The summed E-state index contributed by atoms with van der Waals surface area (Å²) in [6, 6.07) is 11.8. The van der Waals surface area contributed by atoms with Crippen LogP contribution in [0.25, 0.3) is 0 Å².